The van der Waals surface area contributed by atoms with Crippen molar-refractivity contribution in [3.63, 3.8) is 0 Å². The number of fused-ring (bicyclic) bond motifs is 1. The van der Waals surface area contributed by atoms with Gasteiger partial charge in [-0.25, -0.2) is 0 Å². The predicted octanol–water partition coefficient (Wildman–Crippen LogP) is 3.85. The summed E-state index contributed by atoms with van der Waals surface area (Å²) >= 11 is 0. The molecule has 0 saturated carbocycles. The van der Waals surface area contributed by atoms with Crippen LogP contribution in [0.3, 0.4) is 0 Å². The Labute approximate surface area is 103 Å². The van der Waals surface area contributed by atoms with Crippen LogP contribution in [0.1, 0.15) is 6.92 Å². The Hall–Kier alpha value is -1.78. The maximum absolute atomic E-state index is 12.4. The highest BCUT2D eigenvalue weighted by atomic mass is 19.4. The average molecular weight is 254 g/mol. The van der Waals surface area contributed by atoms with Crippen LogP contribution in [0.2, 0.25) is 0 Å². The zero-order valence-corrected chi connectivity index (χ0v) is 9.83. The third-order valence-electron chi connectivity index (χ3n) is 2.84. The van der Waals surface area contributed by atoms with Gasteiger partial charge in [-0.05, 0) is 12.1 Å². The third-order valence-corrected chi connectivity index (χ3v) is 2.84. The average Bonchev–Trinajstić information content (AvgIpc) is 2.34. The van der Waals surface area contributed by atoms with Gasteiger partial charge in [-0.1, -0.05) is 19.1 Å². The number of anilines is 1. The number of hydrogen-bond donors (Lipinski definition) is 1. The maximum Gasteiger partial charge on any atom is 0.393 e. The maximum atomic E-state index is 12.4. The summed E-state index contributed by atoms with van der Waals surface area (Å²) in [7, 11) is 0. The molecule has 18 heavy (non-hydrogen) atoms. The molecule has 1 N–H and O–H groups in total. The molecule has 0 fully saturated rings. The van der Waals surface area contributed by atoms with Crippen LogP contribution >= 0.6 is 0 Å². The van der Waals surface area contributed by atoms with Gasteiger partial charge in [0.05, 0.1) is 5.92 Å². The second kappa shape index (κ2) is 4.84. The summed E-state index contributed by atoms with van der Waals surface area (Å²) in [5.74, 6) is -1.38. The molecule has 0 aliphatic rings. The Balaban J connectivity index is 2.18. The summed E-state index contributed by atoms with van der Waals surface area (Å²) < 4.78 is 37.2. The quantitative estimate of drug-likeness (QED) is 0.900. The van der Waals surface area contributed by atoms with E-state index in [9.17, 15) is 13.2 Å². The fourth-order valence-electron chi connectivity index (χ4n) is 1.66. The van der Waals surface area contributed by atoms with E-state index in [-0.39, 0.29) is 6.54 Å². The second-order valence-corrected chi connectivity index (χ2v) is 4.23. The van der Waals surface area contributed by atoms with Crippen molar-refractivity contribution in [1.82, 2.24) is 4.98 Å². The first-order valence-corrected chi connectivity index (χ1v) is 5.62. The number of rotatable bonds is 3. The van der Waals surface area contributed by atoms with E-state index < -0.39 is 12.1 Å². The molecule has 5 heteroatoms. The second-order valence-electron chi connectivity index (χ2n) is 4.23. The number of alkyl halides is 3. The van der Waals surface area contributed by atoms with Gasteiger partial charge in [0.15, 0.2) is 0 Å². The monoisotopic (exact) mass is 254 g/mol. The normalized spacial score (nSPS) is 13.6. The van der Waals surface area contributed by atoms with Crippen LogP contribution in [0.25, 0.3) is 10.8 Å². The van der Waals surface area contributed by atoms with Gasteiger partial charge in [-0.15, -0.1) is 0 Å². The highest BCUT2D eigenvalue weighted by molar-refractivity contribution is 5.93. The molecular weight excluding hydrogens is 241 g/mol. The van der Waals surface area contributed by atoms with Crippen molar-refractivity contribution in [1.29, 1.82) is 0 Å². The molecule has 1 aromatic carbocycles. The summed E-state index contributed by atoms with van der Waals surface area (Å²) in [5.41, 5.74) is 0.700. The van der Waals surface area contributed by atoms with Crippen molar-refractivity contribution in [3.05, 3.63) is 36.7 Å². The zero-order valence-electron chi connectivity index (χ0n) is 9.83. The Morgan fingerprint density at radius 1 is 1.28 bits per heavy atom. The lowest BCUT2D eigenvalue weighted by molar-refractivity contribution is -0.165. The number of pyridine rings is 1. The van der Waals surface area contributed by atoms with Crippen LogP contribution in [-0.2, 0) is 0 Å². The van der Waals surface area contributed by atoms with Crippen LogP contribution in [-0.4, -0.2) is 17.7 Å². The topological polar surface area (TPSA) is 24.9 Å². The van der Waals surface area contributed by atoms with Gasteiger partial charge in [0.1, 0.15) is 0 Å². The molecule has 1 aromatic heterocycles. The van der Waals surface area contributed by atoms with Crippen molar-refractivity contribution >= 4 is 16.5 Å². The summed E-state index contributed by atoms with van der Waals surface area (Å²) in [6.45, 7) is 1.03. The lowest BCUT2D eigenvalue weighted by Crippen LogP contribution is -2.26. The lowest BCUT2D eigenvalue weighted by Gasteiger charge is -2.17. The number of hydrogen-bond acceptors (Lipinski definition) is 2. The Morgan fingerprint density at radius 2 is 2.06 bits per heavy atom. The molecule has 0 bridgehead atoms. The van der Waals surface area contributed by atoms with E-state index >= 15 is 0 Å². The summed E-state index contributed by atoms with van der Waals surface area (Å²) in [6.07, 6.45) is -0.854. The van der Waals surface area contributed by atoms with E-state index in [0.29, 0.717) is 5.69 Å². The summed E-state index contributed by atoms with van der Waals surface area (Å²) in [5, 5.41) is 4.63. The molecule has 0 unspecified atom stereocenters. The summed E-state index contributed by atoms with van der Waals surface area (Å²) in [4.78, 5) is 3.98. The minimum atomic E-state index is -4.17. The SMILES string of the molecule is C[C@@H](CNc1cccc2cnccc12)C(F)(F)F. The molecule has 2 rings (SSSR count). The van der Waals surface area contributed by atoms with Gasteiger partial charge in [0.25, 0.3) is 0 Å². The Morgan fingerprint density at radius 3 is 2.78 bits per heavy atom. The molecular formula is C13H13F3N2. The van der Waals surface area contributed by atoms with E-state index in [1.54, 1.807) is 30.6 Å². The van der Waals surface area contributed by atoms with Crippen molar-refractivity contribution in [2.24, 2.45) is 5.92 Å². The highest BCUT2D eigenvalue weighted by Gasteiger charge is 2.35. The Kier molecular flexibility index (Phi) is 3.41. The van der Waals surface area contributed by atoms with E-state index in [1.165, 1.54) is 6.92 Å². The molecule has 0 radical (unpaired) electrons. The van der Waals surface area contributed by atoms with E-state index in [0.717, 1.165) is 10.8 Å². The first-order valence-electron chi connectivity index (χ1n) is 5.62. The van der Waals surface area contributed by atoms with Gasteiger partial charge in [0, 0.05) is 35.4 Å². The zero-order chi connectivity index (χ0) is 13.2. The number of nitrogens with zero attached hydrogens (tertiary/aromatic N) is 1. The largest absolute Gasteiger partial charge is 0.393 e. The van der Waals surface area contributed by atoms with E-state index in [1.807, 2.05) is 6.07 Å². The number of benzene rings is 1. The highest BCUT2D eigenvalue weighted by Crippen LogP contribution is 2.27. The van der Waals surface area contributed by atoms with Crippen LogP contribution in [0.5, 0.6) is 0 Å². The van der Waals surface area contributed by atoms with Crippen molar-refractivity contribution < 1.29 is 13.2 Å². The van der Waals surface area contributed by atoms with Gasteiger partial charge in [-0.3, -0.25) is 4.98 Å². The standard InChI is InChI=1S/C13H13F3N2/c1-9(13(14,15)16)7-18-12-4-2-3-10-8-17-6-5-11(10)12/h2-6,8-9,18H,7H2,1H3/t9-/m0/s1. The fourth-order valence-corrected chi connectivity index (χ4v) is 1.66. The van der Waals surface area contributed by atoms with Gasteiger partial charge < -0.3 is 5.32 Å². The lowest BCUT2D eigenvalue weighted by atomic mass is 10.1. The van der Waals surface area contributed by atoms with Gasteiger partial charge >= 0.3 is 6.18 Å². The molecule has 0 spiro atoms. The minimum Gasteiger partial charge on any atom is -0.384 e. The number of nitrogens with one attached hydrogen (secondary N) is 1. The first-order chi connectivity index (χ1) is 8.48. The number of aromatic nitrogens is 1. The van der Waals surface area contributed by atoms with Crippen LogP contribution < -0.4 is 5.32 Å². The van der Waals surface area contributed by atoms with Crippen molar-refractivity contribution in [2.75, 3.05) is 11.9 Å². The van der Waals surface area contributed by atoms with Crippen molar-refractivity contribution in [2.45, 2.75) is 13.1 Å². The molecule has 0 aliphatic carbocycles. The van der Waals surface area contributed by atoms with E-state index in [2.05, 4.69) is 10.3 Å². The van der Waals surface area contributed by atoms with Crippen LogP contribution in [0.4, 0.5) is 18.9 Å². The van der Waals surface area contributed by atoms with Crippen molar-refractivity contribution in [3.8, 4) is 0 Å². The molecule has 1 heterocycles. The molecule has 0 saturated heterocycles. The summed E-state index contributed by atoms with van der Waals surface area (Å²) in [6, 6.07) is 7.23. The number of halogens is 3. The third kappa shape index (κ3) is 2.72. The molecule has 96 valence electrons. The van der Waals surface area contributed by atoms with E-state index in [4.69, 9.17) is 0 Å². The first kappa shape index (κ1) is 12.7. The Bertz CT molecular complexity index is 532. The van der Waals surface area contributed by atoms with Gasteiger partial charge in [0.2, 0.25) is 0 Å². The molecule has 1 atom stereocenters. The predicted molar refractivity (Wildman–Crippen MR) is 65.5 cm³/mol. The smallest absolute Gasteiger partial charge is 0.384 e. The van der Waals surface area contributed by atoms with Gasteiger partial charge in [-0.2, -0.15) is 13.2 Å². The van der Waals surface area contributed by atoms with Crippen LogP contribution in [0, 0.1) is 5.92 Å². The molecule has 2 nitrogen and oxygen atoms in total. The molecule has 0 aliphatic heterocycles. The fraction of sp³-hybridized carbons (Fsp3) is 0.308. The molecule has 0 amide bonds. The van der Waals surface area contributed by atoms with Crippen LogP contribution in [0.15, 0.2) is 36.7 Å². The molecule has 2 aromatic rings. The minimum absolute atomic E-state index is 0.134.